The Bertz CT molecular complexity index is 326. The minimum absolute atomic E-state index is 0. The smallest absolute Gasteiger partial charge is 0.548 e. The molecule has 1 atom stereocenters. The molecule has 0 radical (unpaired) electrons. The maximum Gasteiger partial charge on any atom is 1.00 e. The molecular formula is C13H23N2NaO5. The Hall–Kier alpha value is -0.630. The van der Waals surface area contributed by atoms with Gasteiger partial charge in [0, 0.05) is 12.8 Å². The third-order valence-corrected chi connectivity index (χ3v) is 2.86. The third kappa shape index (κ3) is 14.1. The molecule has 0 aromatic carbocycles. The number of amides is 1. The number of hydrogen-bond donors (Lipinski definition) is 3. The molecule has 116 valence electrons. The monoisotopic (exact) mass is 310 g/mol. The molecule has 0 aliphatic rings. The van der Waals surface area contributed by atoms with Gasteiger partial charge < -0.3 is 26.1 Å². The zero-order chi connectivity index (χ0) is 15.4. The number of rotatable bonds is 12. The van der Waals surface area contributed by atoms with Crippen LogP contribution in [0.5, 0.6) is 0 Å². The summed E-state index contributed by atoms with van der Waals surface area (Å²) in [6, 6.07) is -0.979. The number of carbonyl (C=O) groups excluding carboxylic acids is 2. The number of carbonyl (C=O) groups is 3. The van der Waals surface area contributed by atoms with Crippen LogP contribution in [0.3, 0.4) is 0 Å². The van der Waals surface area contributed by atoms with Crippen molar-refractivity contribution >= 4 is 17.8 Å². The number of nitrogens with one attached hydrogen (secondary N) is 1. The minimum atomic E-state index is -1.29. The van der Waals surface area contributed by atoms with Crippen LogP contribution in [-0.4, -0.2) is 35.5 Å². The fraction of sp³-hybridized carbons (Fsp3) is 0.769. The van der Waals surface area contributed by atoms with E-state index in [4.69, 9.17) is 10.8 Å². The quantitative estimate of drug-likeness (QED) is 0.252. The summed E-state index contributed by atoms with van der Waals surface area (Å²) >= 11 is 0. The number of carboxylic acids is 2. The Morgan fingerprint density at radius 2 is 1.67 bits per heavy atom. The van der Waals surface area contributed by atoms with Gasteiger partial charge in [0.15, 0.2) is 0 Å². The molecule has 7 nitrogen and oxygen atoms in total. The molecule has 0 unspecified atom stereocenters. The van der Waals surface area contributed by atoms with Crippen LogP contribution in [0.2, 0.25) is 0 Å². The maximum atomic E-state index is 11.5. The van der Waals surface area contributed by atoms with E-state index in [0.29, 0.717) is 45.1 Å². The molecule has 0 saturated carbocycles. The zero-order valence-corrected chi connectivity index (χ0v) is 14.6. The second-order valence-corrected chi connectivity index (χ2v) is 4.68. The first kappa shape index (κ1) is 22.6. The summed E-state index contributed by atoms with van der Waals surface area (Å²) in [4.78, 5) is 32.7. The second kappa shape index (κ2) is 14.3. The molecule has 8 heteroatoms. The maximum absolute atomic E-state index is 11.5. The van der Waals surface area contributed by atoms with Crippen molar-refractivity contribution in [3.05, 3.63) is 0 Å². The summed E-state index contributed by atoms with van der Waals surface area (Å²) in [7, 11) is 0. The summed E-state index contributed by atoms with van der Waals surface area (Å²) in [6.45, 7) is 0.483. The first-order valence-electron chi connectivity index (χ1n) is 6.89. The van der Waals surface area contributed by atoms with Crippen LogP contribution in [0.25, 0.3) is 0 Å². The molecule has 0 bridgehead atoms. The van der Waals surface area contributed by atoms with Gasteiger partial charge in [0.2, 0.25) is 5.91 Å². The second-order valence-electron chi connectivity index (χ2n) is 4.68. The van der Waals surface area contributed by atoms with Crippen LogP contribution in [0.1, 0.15) is 51.4 Å². The summed E-state index contributed by atoms with van der Waals surface area (Å²) in [5.74, 6) is -2.49. The van der Waals surface area contributed by atoms with Gasteiger partial charge in [0.1, 0.15) is 0 Å². The van der Waals surface area contributed by atoms with Crippen molar-refractivity contribution in [2.45, 2.75) is 57.4 Å². The molecule has 1 amide bonds. The van der Waals surface area contributed by atoms with E-state index in [9.17, 15) is 19.5 Å². The number of aliphatic carboxylic acids is 2. The van der Waals surface area contributed by atoms with Gasteiger partial charge in [-0.1, -0.05) is 6.42 Å². The van der Waals surface area contributed by atoms with Crippen molar-refractivity contribution in [1.29, 1.82) is 0 Å². The van der Waals surface area contributed by atoms with E-state index in [1.165, 1.54) is 0 Å². The number of hydrogen-bond acceptors (Lipinski definition) is 5. The van der Waals surface area contributed by atoms with Crippen molar-refractivity contribution < 1.29 is 54.2 Å². The van der Waals surface area contributed by atoms with E-state index in [-0.39, 0.29) is 48.3 Å². The Morgan fingerprint density at radius 3 is 2.19 bits per heavy atom. The number of nitrogens with two attached hydrogens (primary N) is 1. The molecule has 0 aromatic heterocycles. The normalized spacial score (nSPS) is 11.3. The van der Waals surface area contributed by atoms with E-state index in [2.05, 4.69) is 5.32 Å². The van der Waals surface area contributed by atoms with E-state index >= 15 is 0 Å². The first-order valence-corrected chi connectivity index (χ1v) is 6.89. The van der Waals surface area contributed by atoms with Crippen LogP contribution in [0.4, 0.5) is 0 Å². The molecule has 21 heavy (non-hydrogen) atoms. The average Bonchev–Trinajstić information content (AvgIpc) is 2.36. The van der Waals surface area contributed by atoms with Crippen LogP contribution >= 0.6 is 0 Å². The van der Waals surface area contributed by atoms with E-state index in [0.717, 1.165) is 0 Å². The molecule has 0 fully saturated rings. The molecule has 4 N–H and O–H groups in total. The van der Waals surface area contributed by atoms with E-state index in [1.807, 2.05) is 0 Å². The van der Waals surface area contributed by atoms with Crippen molar-refractivity contribution in [2.75, 3.05) is 6.54 Å². The summed E-state index contributed by atoms with van der Waals surface area (Å²) in [6.07, 6.45) is 3.60. The van der Waals surface area contributed by atoms with Gasteiger partial charge in [-0.05, 0) is 38.6 Å². The molecule has 0 aromatic rings. The molecule has 0 aliphatic heterocycles. The van der Waals surface area contributed by atoms with Crippen LogP contribution in [0, 0.1) is 0 Å². The summed E-state index contributed by atoms with van der Waals surface area (Å²) < 4.78 is 0. The zero-order valence-electron chi connectivity index (χ0n) is 12.6. The predicted molar refractivity (Wildman–Crippen MR) is 70.6 cm³/mol. The Labute approximate surface area is 146 Å². The van der Waals surface area contributed by atoms with Crippen molar-refractivity contribution in [3.8, 4) is 0 Å². The molecule has 0 rings (SSSR count). The van der Waals surface area contributed by atoms with Crippen LogP contribution in [-0.2, 0) is 14.4 Å². The molecular weight excluding hydrogens is 287 g/mol. The van der Waals surface area contributed by atoms with Gasteiger partial charge in [0.25, 0.3) is 0 Å². The van der Waals surface area contributed by atoms with Crippen molar-refractivity contribution in [1.82, 2.24) is 5.32 Å². The fourth-order valence-electron chi connectivity index (χ4n) is 1.75. The first-order chi connectivity index (χ1) is 9.47. The summed E-state index contributed by atoms with van der Waals surface area (Å²) in [5, 5.41) is 21.7. The number of unbranched alkanes of at least 4 members (excludes halogenated alkanes) is 3. The molecule has 0 spiro atoms. The van der Waals surface area contributed by atoms with Crippen molar-refractivity contribution in [3.63, 3.8) is 0 Å². The van der Waals surface area contributed by atoms with E-state index in [1.54, 1.807) is 0 Å². The summed E-state index contributed by atoms with van der Waals surface area (Å²) in [5.41, 5.74) is 5.32. The Kier molecular flexibility index (Phi) is 15.4. The largest absolute Gasteiger partial charge is 1.00 e. The SMILES string of the molecule is NCCCC[C@H](NC(=O)CCCCCC(=O)O)C(=O)[O-].[Na+]. The van der Waals surface area contributed by atoms with Gasteiger partial charge in [-0.3, -0.25) is 9.59 Å². The van der Waals surface area contributed by atoms with Crippen molar-refractivity contribution in [2.24, 2.45) is 5.73 Å². The molecule has 0 aliphatic carbocycles. The van der Waals surface area contributed by atoms with Gasteiger partial charge >= 0.3 is 35.5 Å². The fourth-order valence-corrected chi connectivity index (χ4v) is 1.75. The third-order valence-electron chi connectivity index (χ3n) is 2.86. The van der Waals surface area contributed by atoms with E-state index < -0.39 is 18.0 Å². The van der Waals surface area contributed by atoms with Gasteiger partial charge in [-0.25, -0.2) is 0 Å². The van der Waals surface area contributed by atoms with Gasteiger partial charge in [0.05, 0.1) is 12.0 Å². The van der Waals surface area contributed by atoms with Gasteiger partial charge in [-0.15, -0.1) is 0 Å². The van der Waals surface area contributed by atoms with Crippen LogP contribution in [0.15, 0.2) is 0 Å². The Morgan fingerprint density at radius 1 is 1.05 bits per heavy atom. The topological polar surface area (TPSA) is 133 Å². The standard InChI is InChI=1S/C13H24N2O5.Na/c14-9-5-4-6-10(13(19)20)15-11(16)7-2-1-3-8-12(17)18;/h10H,1-9,14H2,(H,15,16)(H,17,18)(H,19,20);/q;+1/p-1/t10-;/m0./s1. The Balaban J connectivity index is 0. The average molecular weight is 310 g/mol. The molecule has 0 heterocycles. The predicted octanol–water partition coefficient (Wildman–Crippen LogP) is -3.61. The number of carboxylic acid groups (broad SMARTS) is 2. The molecule has 0 saturated heterocycles. The minimum Gasteiger partial charge on any atom is -0.548 e. The van der Waals surface area contributed by atoms with Gasteiger partial charge in [-0.2, -0.15) is 0 Å². The van der Waals surface area contributed by atoms with Crippen LogP contribution < -0.4 is 45.7 Å².